The van der Waals surface area contributed by atoms with Gasteiger partial charge in [0.05, 0.1) is 0 Å². The van der Waals surface area contributed by atoms with E-state index in [0.717, 1.165) is 0 Å². The van der Waals surface area contributed by atoms with E-state index in [1.165, 1.54) is 0 Å². The van der Waals surface area contributed by atoms with Crippen LogP contribution >= 0.6 is 12.2 Å². The molecule has 80 valence electrons. The number of nitrogens with zero attached hydrogens (tertiary/aromatic N) is 2. The molecule has 2 rings (SSSR count). The Morgan fingerprint density at radius 2 is 1.94 bits per heavy atom. The molecule has 0 unspecified atom stereocenters. The third-order valence-corrected chi connectivity index (χ3v) is 2.05. The van der Waals surface area contributed by atoms with Crippen molar-refractivity contribution in [2.75, 3.05) is 0 Å². The fraction of sp³-hybridized carbons (Fsp3) is 0. The number of para-hydroxylation sites is 1. The topological polar surface area (TPSA) is 61.0 Å². The van der Waals surface area contributed by atoms with Crippen LogP contribution in [0.4, 0.5) is 0 Å². The number of rotatable bonds is 3. The monoisotopic (exact) mass is 231 g/mol. The lowest BCUT2D eigenvalue weighted by atomic mass is 10.3. The Bertz CT molecular complexity index is 502. The number of nitrogens with two attached hydrogens (primary N) is 1. The van der Waals surface area contributed by atoms with Gasteiger partial charge in [0.25, 0.3) is 0 Å². The second-order valence-electron chi connectivity index (χ2n) is 3.00. The highest BCUT2D eigenvalue weighted by atomic mass is 32.1. The van der Waals surface area contributed by atoms with E-state index in [4.69, 9.17) is 22.7 Å². The molecule has 2 N–H and O–H groups in total. The van der Waals surface area contributed by atoms with Gasteiger partial charge >= 0.3 is 6.01 Å². The van der Waals surface area contributed by atoms with Gasteiger partial charge in [-0.15, -0.1) is 0 Å². The van der Waals surface area contributed by atoms with Crippen molar-refractivity contribution in [1.82, 2.24) is 9.97 Å². The summed E-state index contributed by atoms with van der Waals surface area (Å²) < 4.78 is 5.43. The van der Waals surface area contributed by atoms with E-state index in [2.05, 4.69) is 9.97 Å². The molecule has 1 aromatic carbocycles. The second-order valence-corrected chi connectivity index (χ2v) is 3.44. The van der Waals surface area contributed by atoms with Crippen LogP contribution in [-0.4, -0.2) is 15.0 Å². The molecule has 0 amide bonds. The SMILES string of the molecule is NC(=S)c1ccnc(Oc2ccccc2)n1. The standard InChI is InChI=1S/C11H9N3OS/c12-10(16)9-6-7-13-11(14-9)15-8-4-2-1-3-5-8/h1-7H,(H2,12,16). The van der Waals surface area contributed by atoms with Gasteiger partial charge in [-0.25, -0.2) is 4.98 Å². The second kappa shape index (κ2) is 4.67. The molecule has 0 atom stereocenters. The first-order valence-electron chi connectivity index (χ1n) is 4.61. The van der Waals surface area contributed by atoms with Crippen LogP contribution in [0.5, 0.6) is 11.8 Å². The van der Waals surface area contributed by atoms with E-state index in [0.29, 0.717) is 11.4 Å². The van der Waals surface area contributed by atoms with Crippen LogP contribution in [0.1, 0.15) is 5.69 Å². The molecule has 0 saturated carbocycles. The molecule has 1 heterocycles. The van der Waals surface area contributed by atoms with Crippen molar-refractivity contribution in [3.8, 4) is 11.8 Å². The molecular weight excluding hydrogens is 222 g/mol. The van der Waals surface area contributed by atoms with E-state index in [-0.39, 0.29) is 11.0 Å². The Kier molecular flexibility index (Phi) is 3.07. The van der Waals surface area contributed by atoms with Gasteiger partial charge < -0.3 is 10.5 Å². The molecule has 0 aliphatic rings. The van der Waals surface area contributed by atoms with Gasteiger partial charge in [0.15, 0.2) is 0 Å². The van der Waals surface area contributed by atoms with Crippen LogP contribution in [0.25, 0.3) is 0 Å². The maximum Gasteiger partial charge on any atom is 0.322 e. The molecule has 1 aromatic heterocycles. The lowest BCUT2D eigenvalue weighted by Gasteiger charge is -2.04. The Labute approximate surface area is 98.1 Å². The molecule has 0 aliphatic carbocycles. The Morgan fingerprint density at radius 3 is 2.62 bits per heavy atom. The third-order valence-electron chi connectivity index (χ3n) is 1.84. The largest absolute Gasteiger partial charge is 0.424 e. The number of hydrogen-bond donors (Lipinski definition) is 1. The molecule has 0 spiro atoms. The van der Waals surface area contributed by atoms with Gasteiger partial charge in [0.2, 0.25) is 0 Å². The van der Waals surface area contributed by atoms with E-state index in [1.807, 2.05) is 30.3 Å². The normalized spacial score (nSPS) is 9.75. The lowest BCUT2D eigenvalue weighted by Crippen LogP contribution is -2.12. The zero-order chi connectivity index (χ0) is 11.4. The predicted molar refractivity (Wildman–Crippen MR) is 64.4 cm³/mol. The summed E-state index contributed by atoms with van der Waals surface area (Å²) in [5.41, 5.74) is 5.96. The van der Waals surface area contributed by atoms with Gasteiger partial charge in [-0.2, -0.15) is 4.98 Å². The maximum absolute atomic E-state index is 5.46. The summed E-state index contributed by atoms with van der Waals surface area (Å²) in [6, 6.07) is 11.1. The predicted octanol–water partition coefficient (Wildman–Crippen LogP) is 1.90. The lowest BCUT2D eigenvalue weighted by molar-refractivity contribution is 0.441. The van der Waals surface area contributed by atoms with Crippen LogP contribution in [0.3, 0.4) is 0 Å². The Hall–Kier alpha value is -2.01. The minimum Gasteiger partial charge on any atom is -0.424 e. The zero-order valence-corrected chi connectivity index (χ0v) is 9.15. The number of benzene rings is 1. The van der Waals surface area contributed by atoms with Crippen molar-refractivity contribution in [3.63, 3.8) is 0 Å². The van der Waals surface area contributed by atoms with Crippen molar-refractivity contribution in [2.24, 2.45) is 5.73 Å². The molecule has 0 radical (unpaired) electrons. The summed E-state index contributed by atoms with van der Waals surface area (Å²) >= 11 is 4.82. The summed E-state index contributed by atoms with van der Waals surface area (Å²) in [4.78, 5) is 8.26. The highest BCUT2D eigenvalue weighted by Crippen LogP contribution is 2.16. The summed E-state index contributed by atoms with van der Waals surface area (Å²) in [6.45, 7) is 0. The third kappa shape index (κ3) is 2.52. The van der Waals surface area contributed by atoms with Gasteiger partial charge in [-0.3, -0.25) is 0 Å². The van der Waals surface area contributed by atoms with Crippen molar-refractivity contribution < 1.29 is 4.74 Å². The highest BCUT2D eigenvalue weighted by molar-refractivity contribution is 7.80. The van der Waals surface area contributed by atoms with Crippen LogP contribution < -0.4 is 10.5 Å². The van der Waals surface area contributed by atoms with Crippen LogP contribution in [-0.2, 0) is 0 Å². The quantitative estimate of drug-likeness (QED) is 0.817. The molecule has 4 nitrogen and oxygen atoms in total. The van der Waals surface area contributed by atoms with E-state index in [9.17, 15) is 0 Å². The molecule has 16 heavy (non-hydrogen) atoms. The van der Waals surface area contributed by atoms with Crippen molar-refractivity contribution in [1.29, 1.82) is 0 Å². The summed E-state index contributed by atoms with van der Waals surface area (Å²) in [7, 11) is 0. The van der Waals surface area contributed by atoms with E-state index >= 15 is 0 Å². The number of aromatic nitrogens is 2. The van der Waals surface area contributed by atoms with Gasteiger partial charge in [-0.1, -0.05) is 30.4 Å². The molecule has 5 heteroatoms. The molecule has 0 aliphatic heterocycles. The molecule has 0 fully saturated rings. The average molecular weight is 231 g/mol. The minimum atomic E-state index is 0.223. The first-order valence-corrected chi connectivity index (χ1v) is 5.02. The summed E-state index contributed by atoms with van der Waals surface area (Å²) in [5.74, 6) is 0.669. The molecule has 0 saturated heterocycles. The maximum atomic E-state index is 5.46. The number of ether oxygens (including phenoxy) is 1. The van der Waals surface area contributed by atoms with Gasteiger partial charge in [0.1, 0.15) is 16.4 Å². The number of hydrogen-bond acceptors (Lipinski definition) is 4. The smallest absolute Gasteiger partial charge is 0.322 e. The first-order chi connectivity index (χ1) is 7.75. The van der Waals surface area contributed by atoms with Crippen molar-refractivity contribution in [3.05, 3.63) is 48.3 Å². The first kappa shape index (κ1) is 10.5. The average Bonchev–Trinajstić information content (AvgIpc) is 2.30. The molecular formula is C11H9N3OS. The van der Waals surface area contributed by atoms with Crippen LogP contribution in [0.2, 0.25) is 0 Å². The van der Waals surface area contributed by atoms with Crippen molar-refractivity contribution in [2.45, 2.75) is 0 Å². The van der Waals surface area contributed by atoms with Gasteiger partial charge in [0, 0.05) is 6.20 Å². The zero-order valence-electron chi connectivity index (χ0n) is 8.33. The highest BCUT2D eigenvalue weighted by Gasteiger charge is 2.03. The van der Waals surface area contributed by atoms with E-state index < -0.39 is 0 Å². The summed E-state index contributed by atoms with van der Waals surface area (Å²) in [5, 5.41) is 0. The minimum absolute atomic E-state index is 0.223. The number of thiocarbonyl (C=S) groups is 1. The van der Waals surface area contributed by atoms with Crippen LogP contribution in [0, 0.1) is 0 Å². The fourth-order valence-corrected chi connectivity index (χ4v) is 1.23. The van der Waals surface area contributed by atoms with E-state index in [1.54, 1.807) is 12.3 Å². The Morgan fingerprint density at radius 1 is 1.19 bits per heavy atom. The van der Waals surface area contributed by atoms with Gasteiger partial charge in [-0.05, 0) is 18.2 Å². The summed E-state index contributed by atoms with van der Waals surface area (Å²) in [6.07, 6.45) is 1.56. The molecule has 2 aromatic rings. The molecule has 0 bridgehead atoms. The Balaban J connectivity index is 2.22. The van der Waals surface area contributed by atoms with Crippen LogP contribution in [0.15, 0.2) is 42.6 Å². The van der Waals surface area contributed by atoms with Crippen molar-refractivity contribution >= 4 is 17.2 Å². The fourth-order valence-electron chi connectivity index (χ4n) is 1.12.